The number of piperidine rings is 1. The van der Waals surface area contributed by atoms with Crippen LogP contribution in [0.25, 0.3) is 0 Å². The van der Waals surface area contributed by atoms with Gasteiger partial charge in [-0.15, -0.1) is 0 Å². The predicted molar refractivity (Wildman–Crippen MR) is 84.9 cm³/mol. The molecule has 6 nitrogen and oxygen atoms in total. The van der Waals surface area contributed by atoms with Crippen molar-refractivity contribution in [3.8, 4) is 5.75 Å². The number of sulfonamides is 1. The number of aliphatic hydroxyl groups is 1. The van der Waals surface area contributed by atoms with Gasteiger partial charge in [0.2, 0.25) is 10.0 Å². The van der Waals surface area contributed by atoms with Gasteiger partial charge in [-0.2, -0.15) is 4.31 Å². The Balaban J connectivity index is 1.79. The Morgan fingerprint density at radius 3 is 2.65 bits per heavy atom. The normalized spacial score (nSPS) is 25.4. The molecule has 2 fully saturated rings. The van der Waals surface area contributed by atoms with Crippen LogP contribution in [0.2, 0.25) is 0 Å². The molecule has 0 amide bonds. The molecule has 0 saturated carbocycles. The summed E-state index contributed by atoms with van der Waals surface area (Å²) >= 11 is 0. The molecule has 0 bridgehead atoms. The number of para-hydroxylation sites is 1. The average molecular weight is 341 g/mol. The van der Waals surface area contributed by atoms with Crippen LogP contribution in [-0.2, 0) is 14.8 Å². The number of hydrogen-bond acceptors (Lipinski definition) is 5. The van der Waals surface area contributed by atoms with Gasteiger partial charge in [0.05, 0.1) is 18.8 Å². The fraction of sp³-hybridized carbons (Fsp3) is 0.625. The summed E-state index contributed by atoms with van der Waals surface area (Å²) in [6.07, 6.45) is 2.10. The van der Waals surface area contributed by atoms with Gasteiger partial charge in [0, 0.05) is 19.7 Å². The molecule has 2 heterocycles. The predicted octanol–water partition coefficient (Wildman–Crippen LogP) is 1.39. The lowest BCUT2D eigenvalue weighted by molar-refractivity contribution is -0.172. The highest BCUT2D eigenvalue weighted by Gasteiger charge is 2.45. The van der Waals surface area contributed by atoms with Gasteiger partial charge in [-0.3, -0.25) is 0 Å². The van der Waals surface area contributed by atoms with Crippen molar-refractivity contribution in [1.82, 2.24) is 4.31 Å². The van der Waals surface area contributed by atoms with Crippen molar-refractivity contribution in [2.24, 2.45) is 0 Å². The summed E-state index contributed by atoms with van der Waals surface area (Å²) in [6.45, 7) is 1.32. The second-order valence-corrected chi connectivity index (χ2v) is 8.03. The van der Waals surface area contributed by atoms with Crippen molar-refractivity contribution < 1.29 is 23.0 Å². The summed E-state index contributed by atoms with van der Waals surface area (Å²) < 4.78 is 38.2. The van der Waals surface area contributed by atoms with E-state index in [2.05, 4.69) is 0 Å². The molecular weight excluding hydrogens is 318 g/mol. The number of aliphatic hydroxyl groups excluding tert-OH is 1. The quantitative estimate of drug-likeness (QED) is 0.899. The van der Waals surface area contributed by atoms with E-state index in [9.17, 15) is 13.5 Å². The molecule has 128 valence electrons. The molecule has 1 N–H and O–H groups in total. The van der Waals surface area contributed by atoms with Gasteiger partial charge < -0.3 is 14.6 Å². The number of ether oxygens (including phenoxy) is 2. The minimum atomic E-state index is -3.61. The van der Waals surface area contributed by atoms with Crippen molar-refractivity contribution >= 4 is 10.0 Å². The lowest BCUT2D eigenvalue weighted by Crippen LogP contribution is -2.56. The fourth-order valence-corrected chi connectivity index (χ4v) is 5.06. The molecule has 1 aromatic rings. The first-order chi connectivity index (χ1) is 11.0. The van der Waals surface area contributed by atoms with E-state index in [-0.39, 0.29) is 4.90 Å². The molecule has 1 aromatic carbocycles. The van der Waals surface area contributed by atoms with Crippen LogP contribution in [-0.4, -0.2) is 56.3 Å². The Bertz CT molecular complexity index is 652. The van der Waals surface area contributed by atoms with Gasteiger partial charge in [-0.25, -0.2) is 8.42 Å². The highest BCUT2D eigenvalue weighted by molar-refractivity contribution is 7.89. The van der Waals surface area contributed by atoms with Crippen molar-refractivity contribution in [3.63, 3.8) is 0 Å². The lowest BCUT2D eigenvalue weighted by atomic mass is 9.82. The summed E-state index contributed by atoms with van der Waals surface area (Å²) in [7, 11) is -2.14. The van der Waals surface area contributed by atoms with Crippen LogP contribution in [0, 0.1) is 0 Å². The highest BCUT2D eigenvalue weighted by Crippen LogP contribution is 2.37. The van der Waals surface area contributed by atoms with Crippen LogP contribution in [0.5, 0.6) is 5.75 Å². The topological polar surface area (TPSA) is 76.1 Å². The van der Waals surface area contributed by atoms with Gasteiger partial charge in [0.1, 0.15) is 10.6 Å². The van der Waals surface area contributed by atoms with Crippen LogP contribution in [0.15, 0.2) is 29.2 Å². The van der Waals surface area contributed by atoms with E-state index in [1.165, 1.54) is 11.4 Å². The van der Waals surface area contributed by atoms with E-state index in [1.54, 1.807) is 24.3 Å². The first-order valence-electron chi connectivity index (χ1n) is 7.95. The van der Waals surface area contributed by atoms with Crippen molar-refractivity contribution in [3.05, 3.63) is 24.3 Å². The molecule has 0 aliphatic carbocycles. The molecule has 2 aliphatic rings. The maximum atomic E-state index is 12.9. The summed E-state index contributed by atoms with van der Waals surface area (Å²) in [6, 6.07) is 6.64. The van der Waals surface area contributed by atoms with Crippen LogP contribution in [0.4, 0.5) is 0 Å². The monoisotopic (exact) mass is 341 g/mol. The van der Waals surface area contributed by atoms with E-state index < -0.39 is 21.7 Å². The van der Waals surface area contributed by atoms with Gasteiger partial charge in [0.25, 0.3) is 0 Å². The number of nitrogens with zero attached hydrogens (tertiary/aromatic N) is 1. The molecule has 2 aliphatic heterocycles. The molecule has 0 unspecified atom stereocenters. The van der Waals surface area contributed by atoms with E-state index in [0.717, 1.165) is 12.8 Å². The largest absolute Gasteiger partial charge is 0.495 e. The zero-order valence-electron chi connectivity index (χ0n) is 13.3. The third-order valence-corrected chi connectivity index (χ3v) is 6.81. The minimum absolute atomic E-state index is 0.184. The van der Waals surface area contributed by atoms with Crippen LogP contribution < -0.4 is 4.74 Å². The molecule has 7 heteroatoms. The zero-order valence-corrected chi connectivity index (χ0v) is 14.1. The Kier molecular flexibility index (Phi) is 4.64. The number of methoxy groups -OCH3 is 1. The molecule has 0 aromatic heterocycles. The van der Waals surface area contributed by atoms with Gasteiger partial charge >= 0.3 is 0 Å². The zero-order chi connectivity index (χ0) is 16.5. The molecule has 23 heavy (non-hydrogen) atoms. The second-order valence-electron chi connectivity index (χ2n) is 6.13. The maximum Gasteiger partial charge on any atom is 0.246 e. The molecule has 3 rings (SSSR count). The van der Waals surface area contributed by atoms with Crippen LogP contribution in [0.3, 0.4) is 0 Å². The number of benzene rings is 1. The summed E-state index contributed by atoms with van der Waals surface area (Å²) in [5.74, 6) is 0.349. The summed E-state index contributed by atoms with van der Waals surface area (Å²) in [5, 5.41) is 10.3. The SMILES string of the molecule is COc1ccccc1S(=O)(=O)N1CCC2(CC1)OCCC[C@H]2O. The van der Waals surface area contributed by atoms with Crippen LogP contribution in [0.1, 0.15) is 25.7 Å². The third-order valence-electron chi connectivity index (χ3n) is 4.87. The van der Waals surface area contributed by atoms with E-state index in [0.29, 0.717) is 38.3 Å². The number of hydrogen-bond donors (Lipinski definition) is 1. The Morgan fingerprint density at radius 1 is 1.30 bits per heavy atom. The van der Waals surface area contributed by atoms with E-state index in [1.807, 2.05) is 0 Å². The smallest absolute Gasteiger partial charge is 0.246 e. The average Bonchev–Trinajstić information content (AvgIpc) is 2.58. The fourth-order valence-electron chi connectivity index (χ4n) is 3.46. The Morgan fingerprint density at radius 2 is 2.00 bits per heavy atom. The van der Waals surface area contributed by atoms with Gasteiger partial charge in [-0.05, 0) is 37.8 Å². The third kappa shape index (κ3) is 2.98. The molecular formula is C16H23NO5S. The van der Waals surface area contributed by atoms with Crippen molar-refractivity contribution in [2.45, 2.75) is 42.3 Å². The molecule has 2 saturated heterocycles. The molecule has 0 radical (unpaired) electrons. The Labute approximate surface area is 137 Å². The standard InChI is InChI=1S/C16H23NO5S/c1-21-13-5-2-3-6-14(13)23(19,20)17-10-8-16(9-11-17)15(18)7-4-12-22-16/h2-3,5-6,15,18H,4,7-12H2,1H3/t15-/m1/s1. The van der Waals surface area contributed by atoms with Gasteiger partial charge in [-0.1, -0.05) is 12.1 Å². The minimum Gasteiger partial charge on any atom is -0.495 e. The van der Waals surface area contributed by atoms with E-state index >= 15 is 0 Å². The first kappa shape index (κ1) is 16.7. The molecule has 1 spiro atoms. The number of rotatable bonds is 3. The van der Waals surface area contributed by atoms with Crippen molar-refractivity contribution in [2.75, 3.05) is 26.8 Å². The van der Waals surface area contributed by atoms with Crippen LogP contribution >= 0.6 is 0 Å². The molecule has 1 atom stereocenters. The summed E-state index contributed by atoms with van der Waals surface area (Å²) in [5.41, 5.74) is -0.578. The summed E-state index contributed by atoms with van der Waals surface area (Å²) in [4.78, 5) is 0.184. The second kappa shape index (κ2) is 6.39. The lowest BCUT2D eigenvalue weighted by Gasteiger charge is -2.46. The first-order valence-corrected chi connectivity index (χ1v) is 9.39. The van der Waals surface area contributed by atoms with Crippen molar-refractivity contribution in [1.29, 1.82) is 0 Å². The maximum absolute atomic E-state index is 12.9. The highest BCUT2D eigenvalue weighted by atomic mass is 32.2. The van der Waals surface area contributed by atoms with Gasteiger partial charge in [0.15, 0.2) is 0 Å². The Hall–Kier alpha value is -1.15. The van der Waals surface area contributed by atoms with E-state index in [4.69, 9.17) is 9.47 Å².